The van der Waals surface area contributed by atoms with E-state index in [9.17, 15) is 4.79 Å². The topological polar surface area (TPSA) is 62.5 Å². The van der Waals surface area contributed by atoms with Crippen LogP contribution in [0.2, 0.25) is 0 Å². The van der Waals surface area contributed by atoms with Crippen LogP contribution in [0.5, 0.6) is 0 Å². The Balaban J connectivity index is 1.35. The van der Waals surface area contributed by atoms with Gasteiger partial charge < -0.3 is 9.42 Å². The van der Waals surface area contributed by atoms with Crippen molar-refractivity contribution in [2.75, 3.05) is 19.6 Å². The van der Waals surface area contributed by atoms with E-state index in [2.05, 4.69) is 33.4 Å². The highest BCUT2D eigenvalue weighted by Gasteiger charge is 2.30. The second-order valence-electron chi connectivity index (χ2n) is 7.84. The van der Waals surface area contributed by atoms with E-state index in [4.69, 9.17) is 4.52 Å². The van der Waals surface area contributed by atoms with E-state index in [1.807, 2.05) is 16.2 Å². The smallest absolute Gasteiger partial charge is 0.229 e. The van der Waals surface area contributed by atoms with Crippen LogP contribution >= 0.6 is 11.3 Å². The Morgan fingerprint density at radius 2 is 2.26 bits per heavy atom. The summed E-state index contributed by atoms with van der Waals surface area (Å²) in [5, 5.41) is 6.26. The van der Waals surface area contributed by atoms with Gasteiger partial charge in [0.25, 0.3) is 0 Å². The molecule has 2 fully saturated rings. The summed E-state index contributed by atoms with van der Waals surface area (Å²) >= 11 is 1.83. The lowest BCUT2D eigenvalue weighted by Crippen LogP contribution is -2.50. The number of nitrogens with zero attached hydrogens (tertiary/aromatic N) is 4. The van der Waals surface area contributed by atoms with Crippen LogP contribution in [0, 0.1) is 6.92 Å². The summed E-state index contributed by atoms with van der Waals surface area (Å²) in [6.45, 7) is 7.55. The first-order valence-corrected chi connectivity index (χ1v) is 10.8. The van der Waals surface area contributed by atoms with Crippen LogP contribution in [0.25, 0.3) is 0 Å². The van der Waals surface area contributed by atoms with Crippen LogP contribution in [-0.2, 0) is 17.8 Å². The first-order valence-electron chi connectivity index (χ1n) is 9.95. The predicted molar refractivity (Wildman–Crippen MR) is 105 cm³/mol. The first kappa shape index (κ1) is 18.6. The first-order chi connectivity index (χ1) is 13.1. The Morgan fingerprint density at radius 1 is 1.41 bits per heavy atom. The molecule has 2 aromatic heterocycles. The molecule has 1 unspecified atom stereocenters. The maximum absolute atomic E-state index is 12.3. The van der Waals surface area contributed by atoms with Gasteiger partial charge in [0, 0.05) is 49.8 Å². The maximum Gasteiger partial charge on any atom is 0.229 e. The van der Waals surface area contributed by atoms with Gasteiger partial charge in [0.1, 0.15) is 0 Å². The molecule has 1 aliphatic carbocycles. The van der Waals surface area contributed by atoms with Gasteiger partial charge in [-0.15, -0.1) is 11.3 Å². The molecule has 27 heavy (non-hydrogen) atoms. The lowest BCUT2D eigenvalue weighted by molar-refractivity contribution is -0.132. The van der Waals surface area contributed by atoms with Gasteiger partial charge in [-0.2, -0.15) is 4.98 Å². The molecule has 1 atom stereocenters. The third-order valence-corrected chi connectivity index (χ3v) is 6.66. The zero-order valence-electron chi connectivity index (χ0n) is 16.2. The molecule has 7 heteroatoms. The van der Waals surface area contributed by atoms with Crippen molar-refractivity contribution in [2.24, 2.45) is 0 Å². The molecule has 6 nitrogen and oxygen atoms in total. The number of amides is 1. The molecule has 1 amide bonds. The van der Waals surface area contributed by atoms with Gasteiger partial charge in [0.05, 0.1) is 0 Å². The Labute approximate surface area is 164 Å². The van der Waals surface area contributed by atoms with Crippen LogP contribution in [0.15, 0.2) is 16.0 Å². The van der Waals surface area contributed by atoms with Gasteiger partial charge in [0.2, 0.25) is 11.8 Å². The molecule has 1 saturated heterocycles. The minimum absolute atomic E-state index is 0.139. The van der Waals surface area contributed by atoms with Crippen molar-refractivity contribution in [3.05, 3.63) is 33.6 Å². The van der Waals surface area contributed by atoms with Crippen molar-refractivity contribution in [3.63, 3.8) is 0 Å². The summed E-state index contributed by atoms with van der Waals surface area (Å²) < 4.78 is 5.34. The van der Waals surface area contributed by atoms with E-state index >= 15 is 0 Å². The van der Waals surface area contributed by atoms with E-state index in [1.165, 1.54) is 10.4 Å². The van der Waals surface area contributed by atoms with Gasteiger partial charge >= 0.3 is 0 Å². The van der Waals surface area contributed by atoms with Crippen molar-refractivity contribution in [1.82, 2.24) is 19.9 Å². The molecule has 146 valence electrons. The van der Waals surface area contributed by atoms with Crippen molar-refractivity contribution >= 4 is 17.2 Å². The molecule has 3 heterocycles. The van der Waals surface area contributed by atoms with E-state index in [0.717, 1.165) is 57.0 Å². The minimum atomic E-state index is 0.139. The Morgan fingerprint density at radius 3 is 2.96 bits per heavy atom. The molecule has 0 spiro atoms. The third-order valence-electron chi connectivity index (χ3n) is 5.65. The summed E-state index contributed by atoms with van der Waals surface area (Å²) in [6.07, 6.45) is 5.17. The number of carbonyl (C=O) groups is 1. The van der Waals surface area contributed by atoms with E-state index in [1.54, 1.807) is 6.92 Å². The van der Waals surface area contributed by atoms with Crippen molar-refractivity contribution in [1.29, 1.82) is 0 Å². The predicted octanol–water partition coefficient (Wildman–Crippen LogP) is 3.37. The zero-order chi connectivity index (χ0) is 18.8. The average Bonchev–Trinajstić information content (AvgIpc) is 3.27. The normalized spacial score (nSPS) is 20.7. The molecule has 0 radical (unpaired) electrons. The third kappa shape index (κ3) is 4.58. The lowest BCUT2D eigenvalue weighted by atomic mass is 10.0. The Bertz CT molecular complexity index is 783. The number of hydrogen-bond acceptors (Lipinski definition) is 6. The van der Waals surface area contributed by atoms with Crippen molar-refractivity contribution < 1.29 is 9.32 Å². The van der Waals surface area contributed by atoms with Crippen molar-refractivity contribution in [3.8, 4) is 0 Å². The van der Waals surface area contributed by atoms with Gasteiger partial charge in [-0.25, -0.2) is 0 Å². The zero-order valence-corrected chi connectivity index (χ0v) is 17.0. The highest BCUT2D eigenvalue weighted by atomic mass is 32.1. The summed E-state index contributed by atoms with van der Waals surface area (Å²) in [6, 6.07) is 2.45. The van der Waals surface area contributed by atoms with Crippen LogP contribution < -0.4 is 0 Å². The SMILES string of the molecule is CC(=O)N(CCc1noc(C2CC2)n1)C1CCCN(Cc2sccc2C)C1. The summed E-state index contributed by atoms with van der Waals surface area (Å²) in [7, 11) is 0. The summed E-state index contributed by atoms with van der Waals surface area (Å²) in [5.41, 5.74) is 1.37. The number of aromatic nitrogens is 2. The molecule has 0 bridgehead atoms. The highest BCUT2D eigenvalue weighted by molar-refractivity contribution is 7.10. The van der Waals surface area contributed by atoms with Crippen LogP contribution in [0.3, 0.4) is 0 Å². The van der Waals surface area contributed by atoms with Crippen LogP contribution in [0.1, 0.15) is 60.7 Å². The van der Waals surface area contributed by atoms with E-state index < -0.39 is 0 Å². The number of aryl methyl sites for hydroxylation is 1. The Kier molecular flexibility index (Phi) is 5.59. The van der Waals surface area contributed by atoms with Gasteiger partial charge in [0.15, 0.2) is 5.82 Å². The molecule has 0 aromatic carbocycles. The minimum Gasteiger partial charge on any atom is -0.339 e. The molecule has 2 aromatic rings. The largest absolute Gasteiger partial charge is 0.339 e. The fourth-order valence-electron chi connectivity index (χ4n) is 3.88. The van der Waals surface area contributed by atoms with Gasteiger partial charge in [-0.1, -0.05) is 5.16 Å². The van der Waals surface area contributed by atoms with Gasteiger partial charge in [-0.3, -0.25) is 9.69 Å². The molecule has 1 saturated carbocycles. The van der Waals surface area contributed by atoms with Crippen LogP contribution in [-0.4, -0.2) is 51.5 Å². The molecular weight excluding hydrogens is 360 g/mol. The number of likely N-dealkylation sites (tertiary alicyclic amines) is 1. The standard InChI is InChI=1S/C20H28N4O2S/c1-14-8-11-27-18(14)13-23-9-3-4-17(12-23)24(15(2)25)10-7-19-21-20(26-22-19)16-5-6-16/h8,11,16-17H,3-7,9-10,12-13H2,1-2H3. The van der Waals surface area contributed by atoms with E-state index in [-0.39, 0.29) is 11.9 Å². The quantitative estimate of drug-likeness (QED) is 0.728. The molecule has 1 aliphatic heterocycles. The second-order valence-corrected chi connectivity index (χ2v) is 8.84. The number of thiophene rings is 1. The second kappa shape index (κ2) is 8.10. The Hall–Kier alpha value is -1.73. The van der Waals surface area contributed by atoms with Gasteiger partial charge in [-0.05, 0) is 56.2 Å². The summed E-state index contributed by atoms with van der Waals surface area (Å²) in [5.74, 6) is 2.11. The van der Waals surface area contributed by atoms with Crippen LogP contribution in [0.4, 0.5) is 0 Å². The average molecular weight is 389 g/mol. The molecule has 2 aliphatic rings. The lowest BCUT2D eigenvalue weighted by Gasteiger charge is -2.39. The highest BCUT2D eigenvalue weighted by Crippen LogP contribution is 2.38. The number of rotatable bonds is 7. The molecule has 4 rings (SSSR count). The summed E-state index contributed by atoms with van der Waals surface area (Å²) in [4.78, 5) is 22.7. The number of carbonyl (C=O) groups excluding carboxylic acids is 1. The molecular formula is C20H28N4O2S. The fraction of sp³-hybridized carbons (Fsp3) is 0.650. The maximum atomic E-state index is 12.3. The monoisotopic (exact) mass is 388 g/mol. The number of hydrogen-bond donors (Lipinski definition) is 0. The van der Waals surface area contributed by atoms with Crippen molar-refractivity contribution in [2.45, 2.75) is 64.5 Å². The van der Waals surface area contributed by atoms with E-state index in [0.29, 0.717) is 18.9 Å². The molecule has 0 N–H and O–H groups in total. The number of piperidine rings is 1. The fourth-order valence-corrected chi connectivity index (χ4v) is 4.83.